The Morgan fingerprint density at radius 2 is 1.06 bits per heavy atom. The average Bonchev–Trinajstić information content (AvgIpc) is 3.10. The van der Waals surface area contributed by atoms with Gasteiger partial charge in [0, 0.05) is 25.9 Å². The highest BCUT2D eigenvalue weighted by atomic mass is 16.6. The van der Waals surface area contributed by atoms with Crippen LogP contribution in [0.4, 0.5) is 0 Å². The van der Waals surface area contributed by atoms with Crippen LogP contribution < -0.4 is 10.8 Å². The van der Waals surface area contributed by atoms with Crippen LogP contribution in [0, 0.1) is 35.5 Å². The van der Waals surface area contributed by atoms with E-state index in [1.165, 1.54) is 161 Å². The molecule has 0 spiro atoms. The molecule has 322 valence electrons. The summed E-state index contributed by atoms with van der Waals surface area (Å²) in [6.45, 7) is 9.86. The van der Waals surface area contributed by atoms with Gasteiger partial charge >= 0.3 is 0 Å². The molecule has 0 amide bonds. The van der Waals surface area contributed by atoms with E-state index in [0.717, 1.165) is 90.5 Å². The van der Waals surface area contributed by atoms with Crippen molar-refractivity contribution in [2.45, 2.75) is 200 Å². The lowest BCUT2D eigenvalue weighted by Crippen LogP contribution is -2.38. The lowest BCUT2D eigenvalue weighted by molar-refractivity contribution is -0.870. The van der Waals surface area contributed by atoms with Gasteiger partial charge in [-0.05, 0) is 80.5 Å². The second-order valence-corrected chi connectivity index (χ2v) is 20.6. The smallest absolute Gasteiger partial charge is 0.104 e. The van der Waals surface area contributed by atoms with E-state index in [2.05, 4.69) is 66.9 Å². The fourth-order valence-corrected chi connectivity index (χ4v) is 10.3. The maximum atomic E-state index is 10.5. The quantitative estimate of drug-likeness (QED) is 0.0276. The van der Waals surface area contributed by atoms with Crippen molar-refractivity contribution in [2.75, 3.05) is 75.1 Å². The fraction of sp³-hybridized carbons (Fsp3) is 1.00. The third kappa shape index (κ3) is 24.5. The Morgan fingerprint density at radius 1 is 0.537 bits per heavy atom. The molecule has 3 N–H and O–H groups in total. The highest BCUT2D eigenvalue weighted by Gasteiger charge is 2.40. The van der Waals surface area contributed by atoms with E-state index in [-0.39, 0.29) is 6.23 Å². The normalized spacial score (nSPS) is 25.1. The molecule has 2 aliphatic rings. The molecule has 7 atom stereocenters. The molecule has 0 aromatic carbocycles. The molecule has 0 aromatic heterocycles. The molecule has 0 bridgehead atoms. The third-order valence-electron chi connectivity index (χ3n) is 13.6. The lowest BCUT2D eigenvalue weighted by atomic mass is 9.59. The molecule has 7 unspecified atom stereocenters. The van der Waals surface area contributed by atoms with Crippen LogP contribution in [0.3, 0.4) is 0 Å². The molecule has 2 saturated carbocycles. The number of hydrogen-bond acceptors (Lipinski definition) is 4. The summed E-state index contributed by atoms with van der Waals surface area (Å²) >= 11 is 0. The number of aliphatic hydroxyl groups excluding tert-OH is 1. The van der Waals surface area contributed by atoms with Crippen molar-refractivity contribution in [3.05, 3.63) is 0 Å². The van der Waals surface area contributed by atoms with Gasteiger partial charge in [0.25, 0.3) is 0 Å². The summed E-state index contributed by atoms with van der Waals surface area (Å²) in [5.41, 5.74) is 3.41. The SMILES string of the molecule is CCCCCCC1CCC(CCCCCCCC(O)NCCC[N+](C)(C)C)C(CC2CCCCCCC2CONCCC[N+](C)(C)C)C1CCCCCC. The van der Waals surface area contributed by atoms with Crippen LogP contribution in [0.15, 0.2) is 0 Å². The van der Waals surface area contributed by atoms with Gasteiger partial charge in [-0.15, -0.1) is 0 Å². The average molecular weight is 765 g/mol. The highest BCUT2D eigenvalue weighted by molar-refractivity contribution is 4.90. The molecular formula is C48H100N4O2+2. The van der Waals surface area contributed by atoms with Crippen molar-refractivity contribution >= 4 is 0 Å². The van der Waals surface area contributed by atoms with Crippen LogP contribution in [0.2, 0.25) is 0 Å². The zero-order chi connectivity index (χ0) is 39.5. The van der Waals surface area contributed by atoms with Crippen LogP contribution in [0.1, 0.15) is 194 Å². The summed E-state index contributed by atoms with van der Waals surface area (Å²) in [7, 11) is 13.6. The van der Waals surface area contributed by atoms with Crippen molar-refractivity contribution in [1.82, 2.24) is 10.8 Å². The first-order chi connectivity index (χ1) is 25.9. The summed E-state index contributed by atoms with van der Waals surface area (Å²) in [5, 5.41) is 13.8. The first kappa shape index (κ1) is 49.9. The Morgan fingerprint density at radius 3 is 1.67 bits per heavy atom. The summed E-state index contributed by atoms with van der Waals surface area (Å²) < 4.78 is 2.01. The minimum atomic E-state index is -0.337. The first-order valence-electron chi connectivity index (χ1n) is 24.3. The maximum Gasteiger partial charge on any atom is 0.104 e. The standard InChI is InChI=1S/C48H100N4O2/c1-9-11-13-20-28-42-34-35-43(29-21-16-15-17-25-33-48(53)49-36-26-38-51(3,4)5)47(46(42)32-24-14-12-10-2)40-44-30-22-18-19-23-31-45(44)41-54-50-37-27-39-52(6,7)8/h42-50,53H,9-41H2,1-8H3/q+2. The van der Waals surface area contributed by atoms with E-state index in [4.69, 9.17) is 4.84 Å². The number of quaternary nitrogens is 2. The van der Waals surface area contributed by atoms with E-state index < -0.39 is 0 Å². The van der Waals surface area contributed by atoms with Crippen LogP contribution in [0.25, 0.3) is 0 Å². The molecule has 0 heterocycles. The van der Waals surface area contributed by atoms with E-state index in [0.29, 0.717) is 5.92 Å². The monoisotopic (exact) mass is 765 g/mol. The van der Waals surface area contributed by atoms with Gasteiger partial charge < -0.3 is 18.9 Å². The van der Waals surface area contributed by atoms with Gasteiger partial charge in [-0.3, -0.25) is 5.32 Å². The van der Waals surface area contributed by atoms with Crippen molar-refractivity contribution in [1.29, 1.82) is 0 Å². The maximum absolute atomic E-state index is 10.5. The third-order valence-corrected chi connectivity index (χ3v) is 13.6. The predicted octanol–water partition coefficient (Wildman–Crippen LogP) is 11.5. The molecule has 0 aliphatic heterocycles. The van der Waals surface area contributed by atoms with Gasteiger partial charge in [0.1, 0.15) is 6.23 Å². The summed E-state index contributed by atoms with van der Waals surface area (Å²) in [6.07, 6.45) is 38.0. The van der Waals surface area contributed by atoms with Gasteiger partial charge in [0.05, 0.1) is 62.0 Å². The van der Waals surface area contributed by atoms with Gasteiger partial charge in [-0.2, -0.15) is 0 Å². The topological polar surface area (TPSA) is 53.5 Å². The van der Waals surface area contributed by atoms with Crippen molar-refractivity contribution in [3.8, 4) is 0 Å². The lowest BCUT2D eigenvalue weighted by Gasteiger charge is -2.46. The van der Waals surface area contributed by atoms with E-state index >= 15 is 0 Å². The summed E-state index contributed by atoms with van der Waals surface area (Å²) in [6, 6.07) is 0. The van der Waals surface area contributed by atoms with Crippen LogP contribution in [0.5, 0.6) is 0 Å². The summed E-state index contributed by atoms with van der Waals surface area (Å²) in [4.78, 5) is 6.33. The van der Waals surface area contributed by atoms with Gasteiger partial charge in [-0.25, -0.2) is 5.48 Å². The zero-order valence-electron chi connectivity index (χ0n) is 38.1. The van der Waals surface area contributed by atoms with Gasteiger partial charge in [-0.1, -0.05) is 136 Å². The number of aliphatic hydroxyl groups is 1. The molecule has 2 rings (SSSR count). The highest BCUT2D eigenvalue weighted by Crippen LogP contribution is 2.50. The molecular weight excluding hydrogens is 665 g/mol. The number of hydroxylamine groups is 1. The van der Waals surface area contributed by atoms with Gasteiger partial charge in [0.15, 0.2) is 0 Å². The molecule has 2 fully saturated rings. The Hall–Kier alpha value is -0.240. The number of rotatable bonds is 32. The molecule has 0 radical (unpaired) electrons. The van der Waals surface area contributed by atoms with E-state index in [9.17, 15) is 5.11 Å². The van der Waals surface area contributed by atoms with Crippen molar-refractivity contribution in [3.63, 3.8) is 0 Å². The van der Waals surface area contributed by atoms with Crippen LogP contribution in [-0.2, 0) is 4.84 Å². The second-order valence-electron chi connectivity index (χ2n) is 20.6. The fourth-order valence-electron chi connectivity index (χ4n) is 10.3. The molecule has 2 aliphatic carbocycles. The number of nitrogens with one attached hydrogen (secondary N) is 2. The van der Waals surface area contributed by atoms with Crippen LogP contribution >= 0.6 is 0 Å². The van der Waals surface area contributed by atoms with E-state index in [1.54, 1.807) is 0 Å². The Bertz CT molecular complexity index is 857. The molecule has 0 saturated heterocycles. The number of unbranched alkanes of at least 4 members (excludes halogenated alkanes) is 10. The largest absolute Gasteiger partial charge is 0.379 e. The predicted molar refractivity (Wildman–Crippen MR) is 235 cm³/mol. The minimum Gasteiger partial charge on any atom is -0.379 e. The Labute approximate surface area is 339 Å². The van der Waals surface area contributed by atoms with Gasteiger partial charge in [0.2, 0.25) is 0 Å². The summed E-state index contributed by atoms with van der Waals surface area (Å²) in [5.74, 6) is 5.29. The Kier molecular flexibility index (Phi) is 27.6. The van der Waals surface area contributed by atoms with Crippen molar-refractivity contribution in [2.24, 2.45) is 35.5 Å². The number of nitrogens with zero attached hydrogens (tertiary/aromatic N) is 2. The Balaban J connectivity index is 2.04. The first-order valence-corrected chi connectivity index (χ1v) is 24.3. The molecule has 6 nitrogen and oxygen atoms in total. The number of hydrogen-bond donors (Lipinski definition) is 3. The zero-order valence-corrected chi connectivity index (χ0v) is 38.1. The van der Waals surface area contributed by atoms with Crippen molar-refractivity contribution < 1.29 is 18.9 Å². The van der Waals surface area contributed by atoms with E-state index in [1.807, 2.05) is 0 Å². The van der Waals surface area contributed by atoms with Crippen LogP contribution in [-0.4, -0.2) is 95.4 Å². The molecule has 6 heteroatoms. The minimum absolute atomic E-state index is 0.337. The molecule has 54 heavy (non-hydrogen) atoms. The second kappa shape index (κ2) is 29.9. The molecule has 0 aromatic rings.